The quantitative estimate of drug-likeness (QED) is 0.259. The van der Waals surface area contributed by atoms with Crippen LogP contribution >= 0.6 is 0 Å². The van der Waals surface area contributed by atoms with Crippen molar-refractivity contribution in [3.05, 3.63) is 107 Å². The summed E-state index contributed by atoms with van der Waals surface area (Å²) >= 11 is 0. The Morgan fingerprint density at radius 1 is 0.613 bits per heavy atom. The second-order valence-corrected chi connectivity index (χ2v) is 8.84. The first-order chi connectivity index (χ1) is 15.4. The Labute approximate surface area is 179 Å². The Balaban J connectivity index is 1.58. The average Bonchev–Trinajstić information content (AvgIpc) is 3.52. The van der Waals surface area contributed by atoms with Crippen LogP contribution in [-0.4, -0.2) is 9.38 Å². The van der Waals surface area contributed by atoms with E-state index in [0.717, 1.165) is 18.5 Å². The fourth-order valence-corrected chi connectivity index (χ4v) is 5.95. The van der Waals surface area contributed by atoms with Gasteiger partial charge in [-0.3, -0.25) is 4.40 Å². The van der Waals surface area contributed by atoms with E-state index in [1.807, 2.05) is 6.20 Å². The van der Waals surface area contributed by atoms with Crippen LogP contribution < -0.4 is 0 Å². The van der Waals surface area contributed by atoms with Crippen molar-refractivity contribution >= 4 is 27.3 Å². The molecule has 2 aliphatic rings. The summed E-state index contributed by atoms with van der Waals surface area (Å²) < 4.78 is 2.31. The molecule has 2 aliphatic carbocycles. The Bertz CT molecular complexity index is 1740. The van der Waals surface area contributed by atoms with Gasteiger partial charge in [-0.1, -0.05) is 60.7 Å². The van der Waals surface area contributed by atoms with Gasteiger partial charge in [-0.15, -0.1) is 0 Å². The summed E-state index contributed by atoms with van der Waals surface area (Å²) in [6.45, 7) is 0. The van der Waals surface area contributed by atoms with Crippen LogP contribution in [-0.2, 0) is 12.8 Å². The summed E-state index contributed by atoms with van der Waals surface area (Å²) in [6, 6.07) is 27.1. The lowest BCUT2D eigenvalue weighted by molar-refractivity contribution is 1.24. The maximum atomic E-state index is 4.82. The predicted octanol–water partition coefficient (Wildman–Crippen LogP) is 6.78. The van der Waals surface area contributed by atoms with E-state index in [1.165, 1.54) is 66.2 Å². The molecule has 144 valence electrons. The van der Waals surface area contributed by atoms with Gasteiger partial charge in [0.1, 0.15) is 5.65 Å². The zero-order valence-corrected chi connectivity index (χ0v) is 16.9. The van der Waals surface area contributed by atoms with Gasteiger partial charge in [0.25, 0.3) is 0 Å². The molecular formula is C29H18N2. The molecule has 0 unspecified atom stereocenters. The number of pyridine rings is 1. The van der Waals surface area contributed by atoms with Crippen LogP contribution in [0.4, 0.5) is 0 Å². The van der Waals surface area contributed by atoms with Crippen molar-refractivity contribution in [3.63, 3.8) is 0 Å². The molecule has 31 heavy (non-hydrogen) atoms. The highest BCUT2D eigenvalue weighted by Gasteiger charge is 2.25. The SMILES string of the molecule is c1ccc2c(c1)Cc1cc3c(cc1-2)c1ccc2c(c1n1ccnc31)-c1ccccc1C2. The van der Waals surface area contributed by atoms with Gasteiger partial charge in [-0.25, -0.2) is 4.98 Å². The van der Waals surface area contributed by atoms with Crippen molar-refractivity contribution in [2.45, 2.75) is 12.8 Å². The number of benzene rings is 4. The van der Waals surface area contributed by atoms with Crippen molar-refractivity contribution in [1.82, 2.24) is 9.38 Å². The second-order valence-electron chi connectivity index (χ2n) is 8.84. The molecule has 0 aliphatic heterocycles. The molecule has 0 amide bonds. The van der Waals surface area contributed by atoms with Crippen molar-refractivity contribution in [1.29, 1.82) is 0 Å². The summed E-state index contributed by atoms with van der Waals surface area (Å²) in [5, 5.41) is 3.86. The highest BCUT2D eigenvalue weighted by atomic mass is 15.0. The molecule has 0 radical (unpaired) electrons. The third kappa shape index (κ3) is 1.91. The molecule has 6 aromatic rings. The zero-order chi connectivity index (χ0) is 20.1. The summed E-state index contributed by atoms with van der Waals surface area (Å²) in [4.78, 5) is 4.82. The maximum Gasteiger partial charge on any atom is 0.145 e. The highest BCUT2D eigenvalue weighted by molar-refractivity contribution is 6.17. The van der Waals surface area contributed by atoms with Crippen LogP contribution in [0.25, 0.3) is 49.6 Å². The third-order valence-corrected chi connectivity index (χ3v) is 7.28. The van der Waals surface area contributed by atoms with Crippen molar-refractivity contribution in [3.8, 4) is 22.3 Å². The van der Waals surface area contributed by atoms with Crippen molar-refractivity contribution < 1.29 is 0 Å². The van der Waals surface area contributed by atoms with E-state index >= 15 is 0 Å². The largest absolute Gasteiger partial charge is 0.299 e. The molecule has 0 bridgehead atoms. The monoisotopic (exact) mass is 394 g/mol. The molecule has 4 aromatic carbocycles. The first kappa shape index (κ1) is 15.9. The van der Waals surface area contributed by atoms with Gasteiger partial charge in [-0.2, -0.15) is 0 Å². The fraction of sp³-hybridized carbons (Fsp3) is 0.0690. The van der Waals surface area contributed by atoms with Gasteiger partial charge in [-0.05, 0) is 69.3 Å². The minimum Gasteiger partial charge on any atom is -0.299 e. The number of hydrogen-bond donors (Lipinski definition) is 0. The average molecular weight is 394 g/mol. The molecule has 0 N–H and O–H groups in total. The third-order valence-electron chi connectivity index (χ3n) is 7.28. The van der Waals surface area contributed by atoms with Crippen LogP contribution in [0.15, 0.2) is 85.2 Å². The summed E-state index contributed by atoms with van der Waals surface area (Å²) in [7, 11) is 0. The predicted molar refractivity (Wildman–Crippen MR) is 127 cm³/mol. The zero-order valence-electron chi connectivity index (χ0n) is 16.9. The molecule has 2 heterocycles. The van der Waals surface area contributed by atoms with Crippen LogP contribution in [0.3, 0.4) is 0 Å². The molecule has 0 atom stereocenters. The van der Waals surface area contributed by atoms with Crippen molar-refractivity contribution in [2.75, 3.05) is 0 Å². The van der Waals surface area contributed by atoms with E-state index in [9.17, 15) is 0 Å². The highest BCUT2D eigenvalue weighted by Crippen LogP contribution is 2.46. The van der Waals surface area contributed by atoms with Crippen molar-refractivity contribution in [2.24, 2.45) is 0 Å². The molecule has 2 aromatic heterocycles. The van der Waals surface area contributed by atoms with E-state index < -0.39 is 0 Å². The first-order valence-corrected chi connectivity index (χ1v) is 10.9. The molecule has 0 fully saturated rings. The van der Waals surface area contributed by atoms with E-state index in [-0.39, 0.29) is 0 Å². The standard InChI is InChI=1S/C29H18N2/c1-3-7-21-17(5-1)14-20-15-26-25(16-24(20)21)23-10-9-19-13-18-6-2-4-8-22(18)27(19)28(23)31-12-11-30-29(26)31/h1-12,15-16H,13-14H2. The number of nitrogens with zero attached hydrogens (tertiary/aromatic N) is 2. The van der Waals surface area contributed by atoms with E-state index in [1.54, 1.807) is 0 Å². The molecule has 8 rings (SSSR count). The summed E-state index contributed by atoms with van der Waals surface area (Å²) in [5.41, 5.74) is 13.5. The van der Waals surface area contributed by atoms with Gasteiger partial charge in [0, 0.05) is 28.7 Å². The van der Waals surface area contributed by atoms with E-state index in [2.05, 4.69) is 83.4 Å². The number of imidazole rings is 1. The first-order valence-electron chi connectivity index (χ1n) is 10.9. The summed E-state index contributed by atoms with van der Waals surface area (Å²) in [6.07, 6.45) is 6.08. The Morgan fingerprint density at radius 2 is 1.39 bits per heavy atom. The van der Waals surface area contributed by atoms with Crippen LogP contribution in [0, 0.1) is 0 Å². The molecule has 0 saturated heterocycles. The molecular weight excluding hydrogens is 376 g/mol. The lowest BCUT2D eigenvalue weighted by atomic mass is 9.95. The molecule has 2 heteroatoms. The van der Waals surface area contributed by atoms with Gasteiger partial charge in [0.2, 0.25) is 0 Å². The molecule has 0 spiro atoms. The topological polar surface area (TPSA) is 17.3 Å². The number of rotatable bonds is 0. The fourth-order valence-electron chi connectivity index (χ4n) is 5.95. The van der Waals surface area contributed by atoms with Gasteiger partial charge >= 0.3 is 0 Å². The van der Waals surface area contributed by atoms with Gasteiger partial charge < -0.3 is 0 Å². The lowest BCUT2D eigenvalue weighted by Gasteiger charge is -2.14. The molecule has 0 saturated carbocycles. The number of hydrogen-bond acceptors (Lipinski definition) is 1. The minimum atomic E-state index is 1.00. The van der Waals surface area contributed by atoms with E-state index in [4.69, 9.17) is 4.98 Å². The van der Waals surface area contributed by atoms with Crippen LogP contribution in [0.2, 0.25) is 0 Å². The number of aromatic nitrogens is 2. The van der Waals surface area contributed by atoms with Crippen LogP contribution in [0.5, 0.6) is 0 Å². The van der Waals surface area contributed by atoms with E-state index in [0.29, 0.717) is 0 Å². The Hall–Kier alpha value is -3.91. The normalized spacial score (nSPS) is 13.5. The lowest BCUT2D eigenvalue weighted by Crippen LogP contribution is -1.95. The maximum absolute atomic E-state index is 4.82. The minimum absolute atomic E-state index is 1.00. The smallest absolute Gasteiger partial charge is 0.145 e. The number of fused-ring (bicyclic) bond motifs is 13. The second kappa shape index (κ2) is 5.41. The summed E-state index contributed by atoms with van der Waals surface area (Å²) in [5.74, 6) is 0. The Kier molecular flexibility index (Phi) is 2.77. The Morgan fingerprint density at radius 3 is 2.29 bits per heavy atom. The van der Waals surface area contributed by atoms with Crippen LogP contribution in [0.1, 0.15) is 22.3 Å². The van der Waals surface area contributed by atoms with Gasteiger partial charge in [0.05, 0.1) is 5.52 Å². The van der Waals surface area contributed by atoms with Gasteiger partial charge in [0.15, 0.2) is 0 Å². The molecule has 2 nitrogen and oxygen atoms in total.